The van der Waals surface area contributed by atoms with E-state index in [1.54, 1.807) is 0 Å². The number of nitrogens with zero attached hydrogens (tertiary/aromatic N) is 2. The topological polar surface area (TPSA) is 8.17 Å². The molecular weight excluding hydrogens is 821 g/mol. The molecule has 0 atom stereocenters. The van der Waals surface area contributed by atoms with Gasteiger partial charge in [0.05, 0.1) is 11.0 Å². The minimum Gasteiger partial charge on any atom is -0.311 e. The summed E-state index contributed by atoms with van der Waals surface area (Å²) < 4.78 is 2.37. The van der Waals surface area contributed by atoms with Crippen LogP contribution in [0.2, 0.25) is 0 Å². The third-order valence-corrected chi connectivity index (χ3v) is 13.8. The van der Waals surface area contributed by atoms with Crippen LogP contribution in [0.15, 0.2) is 267 Å². The predicted molar refractivity (Wildman–Crippen MR) is 290 cm³/mol. The molecule has 0 amide bonds. The van der Waals surface area contributed by atoms with Crippen molar-refractivity contribution in [2.24, 2.45) is 0 Å². The molecule has 0 aliphatic carbocycles. The number of para-hydroxylation sites is 2. The van der Waals surface area contributed by atoms with Gasteiger partial charge in [-0.3, -0.25) is 0 Å². The fourth-order valence-corrected chi connectivity index (χ4v) is 10.5. The zero-order valence-corrected chi connectivity index (χ0v) is 37.3. The van der Waals surface area contributed by atoms with Gasteiger partial charge in [0.2, 0.25) is 0 Å². The van der Waals surface area contributed by atoms with Crippen molar-refractivity contribution in [2.45, 2.75) is 0 Å². The van der Waals surface area contributed by atoms with Gasteiger partial charge in [-0.25, -0.2) is 0 Å². The Morgan fingerprint density at radius 1 is 0.235 bits per heavy atom. The van der Waals surface area contributed by atoms with Gasteiger partial charge in [0.15, 0.2) is 0 Å². The molecule has 318 valence electrons. The quantitative estimate of drug-likeness (QED) is 0.138. The van der Waals surface area contributed by atoms with E-state index in [2.05, 4.69) is 276 Å². The van der Waals surface area contributed by atoms with Crippen molar-refractivity contribution in [1.29, 1.82) is 0 Å². The number of rotatable bonds is 8. The molecule has 0 spiro atoms. The standard InChI is InChI=1S/C66H44N2/c1-2-18-53(19-3-1)68-65-26-9-8-22-63(65)64-44-51(34-42-66(64)68)46-29-37-55(38-30-46)67(56-39-31-49(32-40-56)59-24-12-25-61-58-21-7-5-14-48(58)33-41-62(59)61)54-35-27-45(28-36-54)50-16-10-17-52(43-50)60-23-11-15-47-13-4-6-20-57(47)60/h1-44H. The Kier molecular flexibility index (Phi) is 9.54. The molecule has 13 rings (SSSR count). The molecule has 2 heteroatoms. The van der Waals surface area contributed by atoms with E-state index in [1.807, 2.05) is 0 Å². The van der Waals surface area contributed by atoms with Gasteiger partial charge in [0, 0.05) is 33.5 Å². The summed E-state index contributed by atoms with van der Waals surface area (Å²) in [4.78, 5) is 2.37. The molecule has 0 N–H and O–H groups in total. The molecule has 0 saturated carbocycles. The van der Waals surface area contributed by atoms with Crippen LogP contribution in [0, 0.1) is 0 Å². The van der Waals surface area contributed by atoms with E-state index in [9.17, 15) is 0 Å². The largest absolute Gasteiger partial charge is 0.311 e. The zero-order valence-electron chi connectivity index (χ0n) is 37.3. The lowest BCUT2D eigenvalue weighted by molar-refractivity contribution is 1.18. The average Bonchev–Trinajstić information content (AvgIpc) is 3.75. The molecule has 0 bridgehead atoms. The van der Waals surface area contributed by atoms with Gasteiger partial charge in [0.25, 0.3) is 0 Å². The first kappa shape index (κ1) is 39.4. The number of hydrogen-bond acceptors (Lipinski definition) is 1. The van der Waals surface area contributed by atoms with E-state index in [1.165, 1.54) is 98.6 Å². The zero-order chi connectivity index (χ0) is 45.0. The number of aromatic nitrogens is 1. The highest BCUT2D eigenvalue weighted by Gasteiger charge is 2.17. The molecule has 0 saturated heterocycles. The highest BCUT2D eigenvalue weighted by Crippen LogP contribution is 2.41. The second-order valence-electron chi connectivity index (χ2n) is 17.7. The fourth-order valence-electron chi connectivity index (χ4n) is 10.5. The highest BCUT2D eigenvalue weighted by atomic mass is 15.1. The maximum absolute atomic E-state index is 2.37. The van der Waals surface area contributed by atoms with Crippen LogP contribution in [0.25, 0.3) is 104 Å². The molecule has 0 unspecified atom stereocenters. The van der Waals surface area contributed by atoms with Gasteiger partial charge in [0.1, 0.15) is 0 Å². The first-order valence-electron chi connectivity index (χ1n) is 23.4. The molecule has 0 fully saturated rings. The third-order valence-electron chi connectivity index (χ3n) is 13.8. The summed E-state index contributed by atoms with van der Waals surface area (Å²) in [6.07, 6.45) is 0. The van der Waals surface area contributed by atoms with E-state index in [0.717, 1.165) is 22.7 Å². The first-order valence-corrected chi connectivity index (χ1v) is 23.4. The van der Waals surface area contributed by atoms with Gasteiger partial charge in [-0.2, -0.15) is 0 Å². The molecule has 0 radical (unpaired) electrons. The Hall–Kier alpha value is -8.98. The first-order chi connectivity index (χ1) is 33.7. The summed E-state index contributed by atoms with van der Waals surface area (Å²) in [6, 6.07) is 97.4. The monoisotopic (exact) mass is 864 g/mol. The van der Waals surface area contributed by atoms with E-state index >= 15 is 0 Å². The maximum Gasteiger partial charge on any atom is 0.0541 e. The second-order valence-corrected chi connectivity index (χ2v) is 17.7. The Bertz CT molecular complexity index is 3990. The third kappa shape index (κ3) is 6.82. The number of benzene rings is 12. The molecule has 0 aliphatic rings. The second kappa shape index (κ2) is 16.5. The van der Waals surface area contributed by atoms with Gasteiger partial charge >= 0.3 is 0 Å². The molecule has 68 heavy (non-hydrogen) atoms. The highest BCUT2D eigenvalue weighted by molar-refractivity contribution is 6.12. The van der Waals surface area contributed by atoms with Gasteiger partial charge in [-0.05, 0) is 150 Å². The predicted octanol–water partition coefficient (Wildman–Crippen LogP) is 18.4. The summed E-state index contributed by atoms with van der Waals surface area (Å²) in [5.74, 6) is 0. The fraction of sp³-hybridized carbons (Fsp3) is 0. The van der Waals surface area contributed by atoms with Crippen molar-refractivity contribution in [3.05, 3.63) is 267 Å². The molecule has 2 nitrogen and oxygen atoms in total. The Morgan fingerprint density at radius 2 is 0.721 bits per heavy atom. The molecule has 1 heterocycles. The summed E-state index contributed by atoms with van der Waals surface area (Å²) in [6.45, 7) is 0. The van der Waals surface area contributed by atoms with Crippen molar-refractivity contribution in [3.63, 3.8) is 0 Å². The van der Waals surface area contributed by atoms with Crippen molar-refractivity contribution < 1.29 is 0 Å². The van der Waals surface area contributed by atoms with Gasteiger partial charge < -0.3 is 9.47 Å². The molecule has 0 aliphatic heterocycles. The van der Waals surface area contributed by atoms with Crippen LogP contribution in [0.1, 0.15) is 0 Å². The summed E-state index contributed by atoms with van der Waals surface area (Å²) in [7, 11) is 0. The van der Waals surface area contributed by atoms with Crippen LogP contribution in [-0.4, -0.2) is 4.57 Å². The van der Waals surface area contributed by atoms with Gasteiger partial charge in [-0.15, -0.1) is 0 Å². The van der Waals surface area contributed by atoms with Gasteiger partial charge in [-0.1, -0.05) is 194 Å². The van der Waals surface area contributed by atoms with Crippen molar-refractivity contribution in [2.75, 3.05) is 4.90 Å². The van der Waals surface area contributed by atoms with Crippen LogP contribution in [0.5, 0.6) is 0 Å². The molecular formula is C66H44N2. The summed E-state index contributed by atoms with van der Waals surface area (Å²) in [5.41, 5.74) is 16.4. The van der Waals surface area contributed by atoms with Crippen LogP contribution >= 0.6 is 0 Å². The van der Waals surface area contributed by atoms with Crippen LogP contribution in [0.3, 0.4) is 0 Å². The van der Waals surface area contributed by atoms with E-state index in [-0.39, 0.29) is 0 Å². The molecule has 13 aromatic rings. The van der Waals surface area contributed by atoms with Crippen molar-refractivity contribution >= 4 is 71.2 Å². The summed E-state index contributed by atoms with van der Waals surface area (Å²) in [5, 5.41) is 10.1. The van der Waals surface area contributed by atoms with Crippen molar-refractivity contribution in [3.8, 4) is 50.2 Å². The lowest BCUT2D eigenvalue weighted by Crippen LogP contribution is -2.09. The summed E-state index contributed by atoms with van der Waals surface area (Å²) >= 11 is 0. The Labute approximate surface area is 395 Å². The lowest BCUT2D eigenvalue weighted by Gasteiger charge is -2.26. The van der Waals surface area contributed by atoms with Crippen LogP contribution in [0.4, 0.5) is 17.1 Å². The minimum atomic E-state index is 1.09. The van der Waals surface area contributed by atoms with Crippen molar-refractivity contribution in [1.82, 2.24) is 4.57 Å². The number of hydrogen-bond donors (Lipinski definition) is 0. The Balaban J connectivity index is 0.882. The van der Waals surface area contributed by atoms with Crippen LogP contribution in [-0.2, 0) is 0 Å². The SMILES string of the molecule is c1ccc(-n2c3ccccc3c3cc(-c4ccc(N(c5ccc(-c6cccc(-c7cccc8ccccc78)c6)cc5)c5ccc(-c6cccc7c6ccc6ccccc67)cc5)cc4)ccc32)cc1. The lowest BCUT2D eigenvalue weighted by atomic mass is 9.94. The van der Waals surface area contributed by atoms with Crippen LogP contribution < -0.4 is 4.90 Å². The number of fused-ring (bicyclic) bond motifs is 7. The average molecular weight is 865 g/mol. The van der Waals surface area contributed by atoms with E-state index in [4.69, 9.17) is 0 Å². The smallest absolute Gasteiger partial charge is 0.0541 e. The van der Waals surface area contributed by atoms with E-state index in [0.29, 0.717) is 0 Å². The maximum atomic E-state index is 2.37. The minimum absolute atomic E-state index is 1.09. The molecule has 1 aromatic heterocycles. The Morgan fingerprint density at radius 3 is 1.44 bits per heavy atom. The van der Waals surface area contributed by atoms with E-state index < -0.39 is 0 Å². The normalized spacial score (nSPS) is 11.5. The number of anilines is 3. The molecule has 12 aromatic carbocycles.